The Bertz CT molecular complexity index is 393. The van der Waals surface area contributed by atoms with E-state index in [1.807, 2.05) is 20.8 Å². The van der Waals surface area contributed by atoms with Gasteiger partial charge in [0.2, 0.25) is 0 Å². The predicted molar refractivity (Wildman–Crippen MR) is 64.1 cm³/mol. The third-order valence-corrected chi connectivity index (χ3v) is 3.73. The highest BCUT2D eigenvalue weighted by Crippen LogP contribution is 2.52. The molecule has 2 nitrogen and oxygen atoms in total. The third kappa shape index (κ3) is 1.70. The Balaban J connectivity index is 2.37. The zero-order chi connectivity index (χ0) is 12.1. The number of hydrogen-bond donors (Lipinski definition) is 1. The summed E-state index contributed by atoms with van der Waals surface area (Å²) in [5, 5.41) is 9.35. The Kier molecular flexibility index (Phi) is 2.48. The Morgan fingerprint density at radius 1 is 1.38 bits per heavy atom. The van der Waals surface area contributed by atoms with Gasteiger partial charge in [0, 0.05) is 11.5 Å². The van der Waals surface area contributed by atoms with Gasteiger partial charge in [-0.1, -0.05) is 38.0 Å². The van der Waals surface area contributed by atoms with Gasteiger partial charge in [0.25, 0.3) is 0 Å². The second kappa shape index (κ2) is 3.47. The second-order valence-corrected chi connectivity index (χ2v) is 6.16. The van der Waals surface area contributed by atoms with Gasteiger partial charge in [0.1, 0.15) is 0 Å². The maximum atomic E-state index is 11.4. The first-order valence-corrected chi connectivity index (χ1v) is 5.95. The summed E-state index contributed by atoms with van der Waals surface area (Å²) >= 11 is 0. The molecule has 0 radical (unpaired) electrons. The Hall–Kier alpha value is -1.05. The molecule has 2 aliphatic rings. The van der Waals surface area contributed by atoms with E-state index in [1.54, 1.807) is 0 Å². The van der Waals surface area contributed by atoms with Crippen molar-refractivity contribution in [3.8, 4) is 0 Å². The van der Waals surface area contributed by atoms with Crippen molar-refractivity contribution in [1.29, 1.82) is 0 Å². The van der Waals surface area contributed by atoms with Crippen molar-refractivity contribution >= 4 is 5.97 Å². The van der Waals surface area contributed by atoms with Crippen LogP contribution in [0.25, 0.3) is 0 Å². The summed E-state index contributed by atoms with van der Waals surface area (Å²) in [7, 11) is 0. The molecule has 0 aromatic carbocycles. The first kappa shape index (κ1) is 11.4. The number of carboxylic acids is 1. The van der Waals surface area contributed by atoms with Crippen LogP contribution >= 0.6 is 0 Å². The van der Waals surface area contributed by atoms with Crippen LogP contribution in [-0.4, -0.2) is 11.1 Å². The van der Waals surface area contributed by atoms with E-state index in [0.29, 0.717) is 17.4 Å². The average molecular weight is 220 g/mol. The predicted octanol–water partition coefficient (Wildman–Crippen LogP) is 3.40. The van der Waals surface area contributed by atoms with Gasteiger partial charge in [-0.05, 0) is 31.1 Å². The molecule has 88 valence electrons. The topological polar surface area (TPSA) is 37.3 Å². The number of hydrogen-bond acceptors (Lipinski definition) is 1. The lowest BCUT2D eigenvalue weighted by Crippen LogP contribution is -2.31. The molecule has 0 aromatic heterocycles. The molecule has 2 heteroatoms. The summed E-state index contributed by atoms with van der Waals surface area (Å²) < 4.78 is 0. The van der Waals surface area contributed by atoms with E-state index in [1.165, 1.54) is 11.1 Å². The van der Waals surface area contributed by atoms with Crippen molar-refractivity contribution in [3.05, 3.63) is 22.8 Å². The zero-order valence-corrected chi connectivity index (χ0v) is 10.5. The summed E-state index contributed by atoms with van der Waals surface area (Å²) in [4.78, 5) is 11.4. The maximum Gasteiger partial charge on any atom is 0.332 e. The van der Waals surface area contributed by atoms with E-state index in [-0.39, 0.29) is 5.41 Å². The van der Waals surface area contributed by atoms with E-state index in [2.05, 4.69) is 13.0 Å². The highest BCUT2D eigenvalue weighted by molar-refractivity contribution is 5.89. The molecule has 1 fully saturated rings. The van der Waals surface area contributed by atoms with Gasteiger partial charge in [0.15, 0.2) is 0 Å². The molecule has 0 saturated heterocycles. The number of fused-ring (bicyclic) bond motifs is 1. The number of carboxylic acid groups (broad SMARTS) is 1. The van der Waals surface area contributed by atoms with Crippen LogP contribution in [0.5, 0.6) is 0 Å². The van der Waals surface area contributed by atoms with Gasteiger partial charge in [-0.2, -0.15) is 0 Å². The lowest BCUT2D eigenvalue weighted by molar-refractivity contribution is -0.133. The first-order chi connectivity index (χ1) is 7.30. The molecular weight excluding hydrogens is 200 g/mol. The third-order valence-electron chi connectivity index (χ3n) is 3.73. The van der Waals surface area contributed by atoms with E-state index in [9.17, 15) is 9.90 Å². The van der Waals surface area contributed by atoms with Crippen molar-refractivity contribution in [2.24, 2.45) is 17.3 Å². The lowest BCUT2D eigenvalue weighted by Gasteiger charge is -2.38. The summed E-state index contributed by atoms with van der Waals surface area (Å²) in [6, 6.07) is 0. The van der Waals surface area contributed by atoms with Crippen LogP contribution in [-0.2, 0) is 4.79 Å². The van der Waals surface area contributed by atoms with Crippen LogP contribution < -0.4 is 0 Å². The fourth-order valence-corrected chi connectivity index (χ4v) is 3.10. The van der Waals surface area contributed by atoms with Gasteiger partial charge in [0.05, 0.1) is 0 Å². The van der Waals surface area contributed by atoms with E-state index in [4.69, 9.17) is 0 Å². The molecule has 0 aliphatic heterocycles. The van der Waals surface area contributed by atoms with E-state index < -0.39 is 5.97 Å². The van der Waals surface area contributed by atoms with Crippen molar-refractivity contribution in [1.82, 2.24) is 0 Å². The van der Waals surface area contributed by atoms with E-state index in [0.717, 1.165) is 12.8 Å². The lowest BCUT2D eigenvalue weighted by atomic mass is 9.65. The maximum absolute atomic E-state index is 11.4. The van der Waals surface area contributed by atoms with Gasteiger partial charge in [-0.3, -0.25) is 0 Å². The molecular formula is C14H20O2. The molecule has 0 unspecified atom stereocenters. The van der Waals surface area contributed by atoms with Crippen molar-refractivity contribution < 1.29 is 9.90 Å². The molecule has 1 saturated carbocycles. The molecule has 0 bridgehead atoms. The van der Waals surface area contributed by atoms with Crippen LogP contribution in [0.4, 0.5) is 0 Å². The average Bonchev–Trinajstić information content (AvgIpc) is 2.36. The molecule has 0 aromatic rings. The quantitative estimate of drug-likeness (QED) is 0.543. The minimum atomic E-state index is -0.737. The number of rotatable bonds is 1. The van der Waals surface area contributed by atoms with Crippen molar-refractivity contribution in [2.45, 2.75) is 40.5 Å². The van der Waals surface area contributed by atoms with Crippen LogP contribution in [0.3, 0.4) is 0 Å². The van der Waals surface area contributed by atoms with Crippen LogP contribution in [0.15, 0.2) is 22.8 Å². The summed E-state index contributed by atoms with van der Waals surface area (Å²) in [5.74, 6) is 0.371. The van der Waals surface area contributed by atoms with Gasteiger partial charge < -0.3 is 5.11 Å². The molecule has 2 aliphatic carbocycles. The number of carbonyl (C=O) groups is 1. The fourth-order valence-electron chi connectivity index (χ4n) is 3.10. The van der Waals surface area contributed by atoms with Crippen LogP contribution in [0.1, 0.15) is 40.5 Å². The second-order valence-electron chi connectivity index (χ2n) is 6.16. The minimum Gasteiger partial charge on any atom is -0.478 e. The smallest absolute Gasteiger partial charge is 0.332 e. The Morgan fingerprint density at radius 2 is 2.00 bits per heavy atom. The summed E-state index contributed by atoms with van der Waals surface area (Å²) in [5.41, 5.74) is 2.97. The Labute approximate surface area is 97.0 Å². The van der Waals surface area contributed by atoms with Gasteiger partial charge >= 0.3 is 5.97 Å². The van der Waals surface area contributed by atoms with Crippen molar-refractivity contribution in [2.75, 3.05) is 0 Å². The zero-order valence-electron chi connectivity index (χ0n) is 10.5. The SMILES string of the molecule is CC1=C[C@@H]2C(=C(C(=O)O)C(C)(C)C)C[C@@H]2C1. The first-order valence-electron chi connectivity index (χ1n) is 5.95. The molecule has 0 spiro atoms. The molecule has 0 amide bonds. The molecule has 1 N–H and O–H groups in total. The van der Waals surface area contributed by atoms with Gasteiger partial charge in [-0.15, -0.1) is 0 Å². The van der Waals surface area contributed by atoms with Crippen LogP contribution in [0, 0.1) is 17.3 Å². The molecule has 2 rings (SSSR count). The summed E-state index contributed by atoms with van der Waals surface area (Å²) in [6.45, 7) is 8.11. The minimum absolute atomic E-state index is 0.254. The standard InChI is InChI=1S/C14H20O2/c1-8-5-9-7-11(10(9)6-8)12(13(15)16)14(2,3)4/h6,9-10H,5,7H2,1-4H3,(H,15,16)/t9-,10-/m0/s1. The van der Waals surface area contributed by atoms with E-state index >= 15 is 0 Å². The number of aliphatic carboxylic acids is 1. The highest BCUT2D eigenvalue weighted by atomic mass is 16.4. The van der Waals surface area contributed by atoms with Gasteiger partial charge in [-0.25, -0.2) is 4.79 Å². The molecule has 0 heterocycles. The Morgan fingerprint density at radius 3 is 2.44 bits per heavy atom. The largest absolute Gasteiger partial charge is 0.478 e. The molecule has 2 atom stereocenters. The summed E-state index contributed by atoms with van der Waals surface area (Å²) in [6.07, 6.45) is 4.40. The fraction of sp³-hybridized carbons (Fsp3) is 0.643. The number of allylic oxidation sites excluding steroid dienone is 3. The van der Waals surface area contributed by atoms with Crippen LogP contribution in [0.2, 0.25) is 0 Å². The highest BCUT2D eigenvalue weighted by Gasteiger charge is 2.43. The monoisotopic (exact) mass is 220 g/mol. The normalized spacial score (nSPS) is 31.6. The molecule has 16 heavy (non-hydrogen) atoms. The van der Waals surface area contributed by atoms with Crippen molar-refractivity contribution in [3.63, 3.8) is 0 Å².